The molecular weight excluding hydrogens is 352 g/mol. The third-order valence-corrected chi connectivity index (χ3v) is 4.96. The van der Waals surface area contributed by atoms with Crippen LogP contribution in [0.1, 0.15) is 29.8 Å². The first kappa shape index (κ1) is 14.5. The number of nitrogens with one attached hydrogen (secondary N) is 1. The highest BCUT2D eigenvalue weighted by molar-refractivity contribution is 9.10. The van der Waals surface area contributed by atoms with Gasteiger partial charge in [0.1, 0.15) is 5.92 Å². The van der Waals surface area contributed by atoms with Crippen LogP contribution in [0.4, 0.5) is 10.8 Å². The number of aryl methyl sites for hydroxylation is 1. The van der Waals surface area contributed by atoms with Crippen molar-refractivity contribution >= 4 is 44.1 Å². The average Bonchev–Trinajstić information content (AvgIpc) is 3.01. The molecule has 6 heteroatoms. The summed E-state index contributed by atoms with van der Waals surface area (Å²) in [6.07, 6.45) is 1.71. The molecule has 1 heterocycles. The summed E-state index contributed by atoms with van der Waals surface area (Å²) < 4.78 is 6.16. The van der Waals surface area contributed by atoms with E-state index in [9.17, 15) is 4.79 Å². The highest BCUT2D eigenvalue weighted by atomic mass is 79.9. The Morgan fingerprint density at radius 1 is 1.48 bits per heavy atom. The third kappa shape index (κ3) is 3.11. The zero-order chi connectivity index (χ0) is 14.8. The lowest BCUT2D eigenvalue weighted by molar-refractivity contribution is -0.145. The number of ether oxygens (including phenoxy) is 1. The molecule has 1 aliphatic carbocycles. The minimum Gasteiger partial charge on any atom is -0.465 e. The lowest BCUT2D eigenvalue weighted by atomic mass is 10.1. The summed E-state index contributed by atoms with van der Waals surface area (Å²) in [5.41, 5.74) is 1.87. The Labute approximate surface area is 135 Å². The predicted octanol–water partition coefficient (Wildman–Crippen LogP) is 4.24. The van der Waals surface area contributed by atoms with Gasteiger partial charge in [-0.3, -0.25) is 4.79 Å². The van der Waals surface area contributed by atoms with Crippen molar-refractivity contribution in [2.45, 2.75) is 25.7 Å². The minimum absolute atomic E-state index is 0.156. The van der Waals surface area contributed by atoms with Crippen LogP contribution in [-0.4, -0.2) is 17.6 Å². The van der Waals surface area contributed by atoms with Gasteiger partial charge in [-0.1, -0.05) is 15.9 Å². The van der Waals surface area contributed by atoms with Crippen molar-refractivity contribution in [2.24, 2.45) is 0 Å². The number of hydrogen-bond donors (Lipinski definition) is 1. The number of benzene rings is 1. The van der Waals surface area contributed by atoms with E-state index in [4.69, 9.17) is 4.74 Å². The summed E-state index contributed by atoms with van der Waals surface area (Å²) in [5, 5.41) is 4.12. The van der Waals surface area contributed by atoms with Gasteiger partial charge in [0.2, 0.25) is 0 Å². The Morgan fingerprint density at radius 3 is 2.95 bits per heavy atom. The number of fused-ring (bicyclic) bond motifs is 1. The number of esters is 1. The van der Waals surface area contributed by atoms with Gasteiger partial charge in [-0.25, -0.2) is 4.98 Å². The lowest BCUT2D eigenvalue weighted by Gasteiger charge is -2.08. The van der Waals surface area contributed by atoms with Crippen molar-refractivity contribution in [1.82, 2.24) is 4.98 Å². The molecule has 1 unspecified atom stereocenters. The second-order valence-corrected chi connectivity index (χ2v) is 6.80. The number of carbonyl (C=O) groups is 1. The molecule has 0 bridgehead atoms. The smallest absolute Gasteiger partial charge is 0.315 e. The molecule has 1 N–H and O–H groups in total. The quantitative estimate of drug-likeness (QED) is 0.822. The highest BCUT2D eigenvalue weighted by Gasteiger charge is 2.33. The minimum atomic E-state index is -0.198. The molecule has 2 aromatic rings. The van der Waals surface area contributed by atoms with Gasteiger partial charge in [0.25, 0.3) is 0 Å². The summed E-state index contributed by atoms with van der Waals surface area (Å²) in [6, 6.07) is 7.93. The number of anilines is 2. The zero-order valence-corrected chi connectivity index (χ0v) is 14.0. The van der Waals surface area contributed by atoms with Gasteiger partial charge in [-0.2, -0.15) is 0 Å². The molecule has 0 fully saturated rings. The summed E-state index contributed by atoms with van der Waals surface area (Å²) >= 11 is 5.03. The van der Waals surface area contributed by atoms with E-state index < -0.39 is 0 Å². The van der Waals surface area contributed by atoms with Crippen LogP contribution in [0.3, 0.4) is 0 Å². The van der Waals surface area contributed by atoms with Crippen LogP contribution in [0.5, 0.6) is 0 Å². The molecule has 3 rings (SSSR count). The Bertz CT molecular complexity index is 654. The van der Waals surface area contributed by atoms with E-state index in [1.54, 1.807) is 11.3 Å². The van der Waals surface area contributed by atoms with Gasteiger partial charge in [-0.05, 0) is 44.0 Å². The number of rotatable bonds is 4. The van der Waals surface area contributed by atoms with Gasteiger partial charge in [-0.15, -0.1) is 11.3 Å². The molecule has 1 aromatic heterocycles. The van der Waals surface area contributed by atoms with E-state index in [1.165, 1.54) is 4.88 Å². The van der Waals surface area contributed by atoms with Crippen molar-refractivity contribution in [1.29, 1.82) is 0 Å². The van der Waals surface area contributed by atoms with E-state index in [0.29, 0.717) is 6.61 Å². The van der Waals surface area contributed by atoms with E-state index in [0.717, 1.165) is 33.8 Å². The maximum Gasteiger partial charge on any atom is 0.315 e. The Hall–Kier alpha value is -1.40. The van der Waals surface area contributed by atoms with Crippen LogP contribution < -0.4 is 5.32 Å². The standard InChI is InChI=1S/C15H15BrN2O2S/c1-2-20-14(19)11-7-8-12-13(11)18-15(21-12)17-10-5-3-9(16)4-6-10/h3-6,11H,2,7-8H2,1H3,(H,17,18). The number of carbonyl (C=O) groups excluding carboxylic acids is 1. The van der Waals surface area contributed by atoms with Gasteiger partial charge >= 0.3 is 5.97 Å². The van der Waals surface area contributed by atoms with Crippen molar-refractivity contribution in [3.05, 3.63) is 39.3 Å². The zero-order valence-electron chi connectivity index (χ0n) is 11.6. The molecule has 0 saturated carbocycles. The third-order valence-electron chi connectivity index (χ3n) is 3.38. The van der Waals surface area contributed by atoms with Crippen molar-refractivity contribution in [3.63, 3.8) is 0 Å². The van der Waals surface area contributed by atoms with Crippen LogP contribution in [-0.2, 0) is 16.0 Å². The van der Waals surface area contributed by atoms with Crippen molar-refractivity contribution in [2.75, 3.05) is 11.9 Å². The number of hydrogen-bond acceptors (Lipinski definition) is 5. The number of halogens is 1. The predicted molar refractivity (Wildman–Crippen MR) is 87.2 cm³/mol. The van der Waals surface area contributed by atoms with Crippen LogP contribution in [0, 0.1) is 0 Å². The van der Waals surface area contributed by atoms with Gasteiger partial charge in [0.15, 0.2) is 5.13 Å². The van der Waals surface area contributed by atoms with E-state index in [1.807, 2.05) is 31.2 Å². The maximum atomic E-state index is 11.9. The first-order valence-electron chi connectivity index (χ1n) is 6.86. The Kier molecular flexibility index (Phi) is 4.26. The first-order chi connectivity index (χ1) is 10.2. The van der Waals surface area contributed by atoms with Crippen molar-refractivity contribution in [3.8, 4) is 0 Å². The first-order valence-corrected chi connectivity index (χ1v) is 8.47. The van der Waals surface area contributed by atoms with Crippen LogP contribution in [0.25, 0.3) is 0 Å². The molecule has 1 aromatic carbocycles. The second kappa shape index (κ2) is 6.15. The molecule has 0 aliphatic heterocycles. The SMILES string of the molecule is CCOC(=O)C1CCc2sc(Nc3ccc(Br)cc3)nc21. The Balaban J connectivity index is 1.77. The second-order valence-electron chi connectivity index (χ2n) is 4.80. The molecule has 0 spiro atoms. The number of nitrogens with zero attached hydrogens (tertiary/aromatic N) is 1. The van der Waals surface area contributed by atoms with Gasteiger partial charge < -0.3 is 10.1 Å². The van der Waals surface area contributed by atoms with Crippen LogP contribution in [0.15, 0.2) is 28.7 Å². The van der Waals surface area contributed by atoms with Gasteiger partial charge in [0.05, 0.1) is 12.3 Å². The van der Waals surface area contributed by atoms with E-state index >= 15 is 0 Å². The molecule has 0 radical (unpaired) electrons. The fraction of sp³-hybridized carbons (Fsp3) is 0.333. The number of aromatic nitrogens is 1. The summed E-state index contributed by atoms with van der Waals surface area (Å²) in [5.74, 6) is -0.353. The topological polar surface area (TPSA) is 51.2 Å². The normalized spacial score (nSPS) is 16.6. The molecule has 1 atom stereocenters. The lowest BCUT2D eigenvalue weighted by Crippen LogP contribution is -2.14. The summed E-state index contributed by atoms with van der Waals surface area (Å²) in [7, 11) is 0. The summed E-state index contributed by atoms with van der Waals surface area (Å²) in [6.45, 7) is 2.24. The number of thiazole rings is 1. The molecule has 0 amide bonds. The molecule has 1 aliphatic rings. The van der Waals surface area contributed by atoms with Crippen LogP contribution in [0.2, 0.25) is 0 Å². The summed E-state index contributed by atoms with van der Waals surface area (Å²) in [4.78, 5) is 17.7. The molecule has 110 valence electrons. The fourth-order valence-electron chi connectivity index (χ4n) is 2.41. The Morgan fingerprint density at radius 2 is 2.24 bits per heavy atom. The van der Waals surface area contributed by atoms with E-state index in [-0.39, 0.29) is 11.9 Å². The van der Waals surface area contributed by atoms with Gasteiger partial charge in [0, 0.05) is 15.0 Å². The highest BCUT2D eigenvalue weighted by Crippen LogP contribution is 2.39. The molecular formula is C15H15BrN2O2S. The molecule has 4 nitrogen and oxygen atoms in total. The van der Waals surface area contributed by atoms with Crippen LogP contribution >= 0.6 is 27.3 Å². The fourth-order valence-corrected chi connectivity index (χ4v) is 3.73. The van der Waals surface area contributed by atoms with Crippen molar-refractivity contribution < 1.29 is 9.53 Å². The monoisotopic (exact) mass is 366 g/mol. The molecule has 21 heavy (non-hydrogen) atoms. The maximum absolute atomic E-state index is 11.9. The average molecular weight is 367 g/mol. The van der Waals surface area contributed by atoms with E-state index in [2.05, 4.69) is 26.2 Å². The largest absolute Gasteiger partial charge is 0.465 e. The molecule has 0 saturated heterocycles.